The molecule has 0 bridgehead atoms. The Labute approximate surface area is 423 Å². The molecule has 2 aromatic carbocycles. The molecule has 0 saturated heterocycles. The SMILES string of the molecule is CC1(C)C(/C=C/C=C/C=C/C=C2/N(CCS(=O)(=O)[O-])c3ccc(C(=O)NCCCCCCCCCCCC(=O)O)cc3C2(C)C)=[N+](CCS(=O)(=O)[O-])c2ccc(S(=O)(=O)[O-])cc21.[Na+].[Na+]. The van der Waals surface area contributed by atoms with Crippen molar-refractivity contribution < 1.29 is 117 Å². The average Bonchev–Trinajstić information content (AvgIpc) is 3.52. The van der Waals surface area contributed by atoms with E-state index in [4.69, 9.17) is 5.11 Å². The molecule has 0 saturated carbocycles. The third kappa shape index (κ3) is 16.7. The van der Waals surface area contributed by atoms with Gasteiger partial charge in [0, 0.05) is 59.6 Å². The first kappa shape index (κ1) is 57.7. The minimum atomic E-state index is -4.77. The Morgan fingerprint density at radius 2 is 1.30 bits per heavy atom. The molecule has 0 aliphatic carbocycles. The smallest absolute Gasteiger partial charge is 0.748 e. The number of nitrogens with zero attached hydrogens (tertiary/aromatic N) is 2. The number of carbonyl (C=O) groups is 2. The zero-order valence-corrected chi connectivity index (χ0v) is 44.1. The van der Waals surface area contributed by atoms with Crippen molar-refractivity contribution in [1.29, 1.82) is 0 Å². The summed E-state index contributed by atoms with van der Waals surface area (Å²) in [6.07, 6.45) is 21.2. The van der Waals surface area contributed by atoms with Crippen LogP contribution < -0.4 is 69.3 Å². The Balaban J connectivity index is 0.00000704. The van der Waals surface area contributed by atoms with Crippen molar-refractivity contribution in [2.75, 3.05) is 36.0 Å². The van der Waals surface area contributed by atoms with Crippen LogP contribution in [0.4, 0.5) is 11.4 Å². The third-order valence-electron chi connectivity index (χ3n) is 11.2. The van der Waals surface area contributed by atoms with E-state index in [0.29, 0.717) is 40.5 Å². The molecule has 64 heavy (non-hydrogen) atoms. The fourth-order valence-corrected chi connectivity index (χ4v) is 9.25. The quantitative estimate of drug-likeness (QED) is 0.0468. The Morgan fingerprint density at radius 3 is 1.89 bits per heavy atom. The van der Waals surface area contributed by atoms with Gasteiger partial charge < -0.3 is 29.0 Å². The summed E-state index contributed by atoms with van der Waals surface area (Å²) in [6.45, 7) is 7.71. The van der Waals surface area contributed by atoms with Crippen LogP contribution in [0.2, 0.25) is 0 Å². The fraction of sp³-hybridized carbons (Fsp3) is 0.477. The van der Waals surface area contributed by atoms with Crippen LogP contribution in [0.3, 0.4) is 0 Å². The van der Waals surface area contributed by atoms with E-state index in [1.165, 1.54) is 12.1 Å². The molecule has 0 unspecified atom stereocenters. The molecule has 0 radical (unpaired) electrons. The molecule has 4 rings (SSSR count). The average molecular weight is 962 g/mol. The standard InChI is InChI=1S/C44H59N3O12S3.2Na/c1-43(2)35-31-33(42(50)45-26-18-14-9-7-5-6-8-13-17-21-41(48)49)22-24-37(35)46(27-29-60(51,52)53)39(43)19-15-11-10-12-16-20-40-44(3,4)36-32-34(62(57,58)59)23-25-38(36)47(40)28-30-61(54,55)56;;/h10-12,15-16,19-20,22-25,31-32H,5-9,13-14,17-18,21,26-30H2,1-4H3,(H4-,45,48,49,50,51,52,53,54,55,56,57,58,59);;/q;2*+1/p-2. The first-order valence-corrected chi connectivity index (χ1v) is 25.3. The normalized spacial score (nSPS) is 16.4. The second-order valence-corrected chi connectivity index (χ2v) is 21.0. The zero-order chi connectivity index (χ0) is 45.9. The van der Waals surface area contributed by atoms with Crippen molar-refractivity contribution >= 4 is 59.3 Å². The van der Waals surface area contributed by atoms with Crippen molar-refractivity contribution in [1.82, 2.24) is 5.32 Å². The molecule has 2 aliphatic heterocycles. The number of nitrogens with one attached hydrogen (secondary N) is 1. The summed E-state index contributed by atoms with van der Waals surface area (Å²) < 4.78 is 107. The molecule has 340 valence electrons. The van der Waals surface area contributed by atoms with Gasteiger partial charge in [-0.25, -0.2) is 25.3 Å². The van der Waals surface area contributed by atoms with Crippen LogP contribution in [-0.2, 0) is 46.0 Å². The molecule has 2 aliphatic rings. The van der Waals surface area contributed by atoms with Gasteiger partial charge in [0.25, 0.3) is 5.91 Å². The molecule has 15 nitrogen and oxygen atoms in total. The van der Waals surface area contributed by atoms with Crippen molar-refractivity contribution in [2.45, 2.75) is 108 Å². The number of allylic oxidation sites excluding steroid dienone is 8. The fourth-order valence-electron chi connectivity index (χ4n) is 7.94. The Hall–Kier alpha value is -2.46. The van der Waals surface area contributed by atoms with Gasteiger partial charge in [-0.05, 0) is 68.7 Å². The number of carboxylic acids is 1. The Bertz CT molecular complexity index is 2480. The van der Waals surface area contributed by atoms with Gasteiger partial charge in [0.1, 0.15) is 20.2 Å². The number of carbonyl (C=O) groups excluding carboxylic acids is 1. The molecule has 1 amide bonds. The number of fused-ring (bicyclic) bond motifs is 2. The first-order chi connectivity index (χ1) is 28.9. The van der Waals surface area contributed by atoms with Crippen LogP contribution in [-0.4, -0.2) is 97.3 Å². The van der Waals surface area contributed by atoms with Crippen LogP contribution in [0.5, 0.6) is 0 Å². The second kappa shape index (κ2) is 25.1. The maximum atomic E-state index is 13.2. The van der Waals surface area contributed by atoms with Gasteiger partial charge in [0.05, 0.1) is 31.9 Å². The van der Waals surface area contributed by atoms with Crippen LogP contribution in [0, 0.1) is 0 Å². The molecule has 2 N–H and O–H groups in total. The molecule has 0 spiro atoms. The predicted octanol–water partition coefficient (Wildman–Crippen LogP) is 0.131. The van der Waals surface area contributed by atoms with Crippen molar-refractivity contribution in [3.05, 3.63) is 101 Å². The van der Waals surface area contributed by atoms with Gasteiger partial charge >= 0.3 is 65.1 Å². The predicted molar refractivity (Wildman–Crippen MR) is 235 cm³/mol. The summed E-state index contributed by atoms with van der Waals surface area (Å²) in [5.41, 5.74) is 2.61. The van der Waals surface area contributed by atoms with Crippen LogP contribution in [0.25, 0.3) is 0 Å². The number of hydrogen-bond acceptors (Lipinski definition) is 12. The maximum Gasteiger partial charge on any atom is 1.00 e. The number of hydrogen-bond donors (Lipinski definition) is 2. The summed E-state index contributed by atoms with van der Waals surface area (Å²) in [7, 11) is -13.9. The summed E-state index contributed by atoms with van der Waals surface area (Å²) in [5, 5.41) is 11.7. The van der Waals surface area contributed by atoms with Crippen LogP contribution in [0.1, 0.15) is 113 Å². The molecule has 0 fully saturated rings. The summed E-state index contributed by atoms with van der Waals surface area (Å²) in [4.78, 5) is 25.1. The minimum Gasteiger partial charge on any atom is -0.748 e. The summed E-state index contributed by atoms with van der Waals surface area (Å²) >= 11 is 0. The van der Waals surface area contributed by atoms with Gasteiger partial charge in [-0.1, -0.05) is 89.2 Å². The van der Waals surface area contributed by atoms with E-state index in [2.05, 4.69) is 5.32 Å². The topological polar surface area (TPSA) is 244 Å². The zero-order valence-electron chi connectivity index (χ0n) is 37.7. The molecule has 0 aromatic heterocycles. The van der Waals surface area contributed by atoms with Crippen LogP contribution >= 0.6 is 0 Å². The van der Waals surface area contributed by atoms with Gasteiger partial charge in [-0.2, -0.15) is 4.58 Å². The number of aliphatic carboxylic acids is 1. The summed E-state index contributed by atoms with van der Waals surface area (Å²) in [6, 6.07) is 9.07. The second-order valence-electron chi connectivity index (χ2n) is 16.6. The molecule has 2 heterocycles. The van der Waals surface area contributed by atoms with E-state index >= 15 is 0 Å². The Kier molecular flexibility index (Phi) is 22.6. The minimum absolute atomic E-state index is 0. The number of benzene rings is 2. The van der Waals surface area contributed by atoms with Crippen molar-refractivity contribution in [3.8, 4) is 0 Å². The number of amides is 1. The van der Waals surface area contributed by atoms with Gasteiger partial charge in [0.15, 0.2) is 12.3 Å². The number of anilines is 1. The van der Waals surface area contributed by atoms with E-state index < -0.39 is 63.6 Å². The first-order valence-electron chi connectivity index (χ1n) is 20.7. The Morgan fingerprint density at radius 1 is 0.719 bits per heavy atom. The number of carboxylic acid groups (broad SMARTS) is 1. The monoisotopic (exact) mass is 961 g/mol. The van der Waals surface area contributed by atoms with Crippen molar-refractivity contribution in [3.63, 3.8) is 0 Å². The van der Waals surface area contributed by atoms with Crippen molar-refractivity contribution in [2.24, 2.45) is 0 Å². The molecular formula is C44H57N3Na2O12S3. The van der Waals surface area contributed by atoms with Gasteiger partial charge in [-0.15, -0.1) is 0 Å². The van der Waals surface area contributed by atoms with E-state index in [1.807, 2.05) is 19.9 Å². The van der Waals surface area contributed by atoms with Gasteiger partial charge in [0.2, 0.25) is 5.69 Å². The largest absolute Gasteiger partial charge is 1.00 e. The van der Waals surface area contributed by atoms with E-state index in [1.54, 1.807) is 78.0 Å². The van der Waals surface area contributed by atoms with E-state index in [0.717, 1.165) is 69.4 Å². The van der Waals surface area contributed by atoms with E-state index in [-0.39, 0.29) is 84.5 Å². The molecule has 20 heteroatoms. The van der Waals surface area contributed by atoms with E-state index in [9.17, 15) is 48.5 Å². The maximum absolute atomic E-state index is 13.2. The third-order valence-corrected chi connectivity index (χ3v) is 13.4. The number of unbranched alkanes of at least 4 members (excludes halogenated alkanes) is 8. The molecule has 2 aromatic rings. The molecular weight excluding hydrogens is 905 g/mol. The summed E-state index contributed by atoms with van der Waals surface area (Å²) in [5.74, 6) is -2.31. The van der Waals surface area contributed by atoms with Gasteiger partial charge in [-0.3, -0.25) is 9.59 Å². The number of rotatable bonds is 24. The molecule has 0 atom stereocenters. The van der Waals surface area contributed by atoms with Crippen LogP contribution in [0.15, 0.2) is 89.5 Å².